The molecule has 0 radical (unpaired) electrons. The molecule has 0 fully saturated rings. The van der Waals surface area contributed by atoms with E-state index in [1.165, 1.54) is 30.3 Å². The number of benzene rings is 2. The molecule has 3 aromatic rings. The van der Waals surface area contributed by atoms with E-state index in [1.54, 1.807) is 0 Å². The number of aliphatic hydroxyl groups is 1. The van der Waals surface area contributed by atoms with Crippen LogP contribution >= 0.6 is 23.2 Å². The summed E-state index contributed by atoms with van der Waals surface area (Å²) in [6, 6.07) is 8.45. The summed E-state index contributed by atoms with van der Waals surface area (Å²) in [5.74, 6) is -4.52. The van der Waals surface area contributed by atoms with Gasteiger partial charge in [0.1, 0.15) is 17.1 Å². The average Bonchev–Trinajstić information content (AvgIpc) is 3.13. The molecule has 1 heterocycles. The molecule has 2 aromatic carbocycles. The molecule has 0 amide bonds. The van der Waals surface area contributed by atoms with E-state index in [1.807, 2.05) is 0 Å². The Balaban J connectivity index is 2.29. The van der Waals surface area contributed by atoms with Crippen LogP contribution in [0, 0.1) is 11.2 Å². The zero-order valence-corrected chi connectivity index (χ0v) is 17.1. The van der Waals surface area contributed by atoms with Crippen LogP contribution in [-0.4, -0.2) is 31.7 Å². The third kappa shape index (κ3) is 4.32. The first-order valence-electron chi connectivity index (χ1n) is 8.54. The molecule has 32 heavy (non-hydrogen) atoms. The van der Waals surface area contributed by atoms with E-state index >= 15 is 0 Å². The summed E-state index contributed by atoms with van der Waals surface area (Å²) in [7, 11) is 0. The van der Waals surface area contributed by atoms with Gasteiger partial charge in [0.25, 0.3) is 0 Å². The van der Waals surface area contributed by atoms with Gasteiger partial charge in [0.15, 0.2) is 5.69 Å². The molecule has 0 aliphatic rings. The molecular formula is C20H11Cl2F4N3O3. The summed E-state index contributed by atoms with van der Waals surface area (Å²) < 4.78 is 56.3. The highest BCUT2D eigenvalue weighted by atomic mass is 35.5. The van der Waals surface area contributed by atoms with Crippen molar-refractivity contribution in [2.75, 3.05) is 0 Å². The minimum atomic E-state index is -5.11. The van der Waals surface area contributed by atoms with Gasteiger partial charge in [-0.25, -0.2) is 13.9 Å². The minimum Gasteiger partial charge on any atom is -0.506 e. The molecule has 3 rings (SSSR count). The smallest absolute Gasteiger partial charge is 0.434 e. The van der Waals surface area contributed by atoms with Gasteiger partial charge in [-0.05, 0) is 30.3 Å². The molecule has 0 spiro atoms. The number of alkyl halides is 3. The van der Waals surface area contributed by atoms with Crippen molar-refractivity contribution in [2.24, 2.45) is 0 Å². The highest BCUT2D eigenvalue weighted by molar-refractivity contribution is 6.38. The molecule has 1 aromatic heterocycles. The van der Waals surface area contributed by atoms with Crippen LogP contribution < -0.4 is 0 Å². The predicted octanol–water partition coefficient (Wildman–Crippen LogP) is 5.76. The Morgan fingerprint density at radius 3 is 2.31 bits per heavy atom. The number of aliphatic carboxylic acids is 1. The number of hydrogen-bond donors (Lipinski definition) is 3. The van der Waals surface area contributed by atoms with Crippen LogP contribution in [0.4, 0.5) is 17.6 Å². The number of carbonyl (C=O) groups is 1. The molecule has 0 atom stereocenters. The van der Waals surface area contributed by atoms with E-state index in [0.717, 1.165) is 12.1 Å². The Kier molecular flexibility index (Phi) is 6.29. The Bertz CT molecular complexity index is 1250. The van der Waals surface area contributed by atoms with Gasteiger partial charge >= 0.3 is 12.1 Å². The summed E-state index contributed by atoms with van der Waals surface area (Å²) in [6.45, 7) is 0. The van der Waals surface area contributed by atoms with Gasteiger partial charge in [0.05, 0.1) is 33.7 Å². The first kappa shape index (κ1) is 23.3. The van der Waals surface area contributed by atoms with Crippen molar-refractivity contribution in [3.05, 3.63) is 86.9 Å². The summed E-state index contributed by atoms with van der Waals surface area (Å²) in [5, 5.41) is 31.5. The SMILES string of the molecule is N=C(/C(C(=O)O)=C(\O)c1cnn(-c2cccc(Cl)c2)c1C(F)(F)F)c1c(F)cccc1Cl. The van der Waals surface area contributed by atoms with E-state index in [-0.39, 0.29) is 15.7 Å². The molecule has 3 N–H and O–H groups in total. The number of aromatic nitrogens is 2. The number of carboxylic acid groups (broad SMARTS) is 1. The van der Waals surface area contributed by atoms with Crippen LogP contribution in [0.3, 0.4) is 0 Å². The Morgan fingerprint density at radius 2 is 1.75 bits per heavy atom. The zero-order valence-electron chi connectivity index (χ0n) is 15.6. The highest BCUT2D eigenvalue weighted by Crippen LogP contribution is 2.37. The lowest BCUT2D eigenvalue weighted by atomic mass is 9.98. The van der Waals surface area contributed by atoms with Gasteiger partial charge in [-0.3, -0.25) is 5.41 Å². The fourth-order valence-corrected chi connectivity index (χ4v) is 3.36. The number of aliphatic hydroxyl groups excluding tert-OH is 1. The first-order chi connectivity index (χ1) is 14.9. The van der Waals surface area contributed by atoms with Crippen LogP contribution in [0.1, 0.15) is 16.8 Å². The van der Waals surface area contributed by atoms with Gasteiger partial charge in [0.2, 0.25) is 0 Å². The van der Waals surface area contributed by atoms with Crippen molar-refractivity contribution in [1.29, 1.82) is 5.41 Å². The Labute approximate surface area is 187 Å². The lowest BCUT2D eigenvalue weighted by Crippen LogP contribution is -2.19. The van der Waals surface area contributed by atoms with Crippen LogP contribution in [0.15, 0.2) is 54.2 Å². The van der Waals surface area contributed by atoms with Crippen LogP contribution in [-0.2, 0) is 11.0 Å². The molecule has 166 valence electrons. The topological polar surface area (TPSA) is 99.2 Å². The number of carboxylic acids is 1. The maximum atomic E-state index is 14.2. The predicted molar refractivity (Wildman–Crippen MR) is 109 cm³/mol. The number of rotatable bonds is 5. The van der Waals surface area contributed by atoms with Gasteiger partial charge in [-0.15, -0.1) is 0 Å². The van der Waals surface area contributed by atoms with E-state index in [0.29, 0.717) is 10.9 Å². The molecular weight excluding hydrogens is 477 g/mol. The van der Waals surface area contributed by atoms with Crippen LogP contribution in [0.2, 0.25) is 10.0 Å². The van der Waals surface area contributed by atoms with Gasteiger partial charge in [-0.1, -0.05) is 35.3 Å². The normalized spacial score (nSPS) is 12.4. The van der Waals surface area contributed by atoms with Gasteiger partial charge < -0.3 is 10.2 Å². The largest absolute Gasteiger partial charge is 0.506 e. The molecule has 0 saturated carbocycles. The van der Waals surface area contributed by atoms with Crippen LogP contribution in [0.5, 0.6) is 0 Å². The summed E-state index contributed by atoms with van der Waals surface area (Å²) in [5.41, 5.74) is -5.80. The van der Waals surface area contributed by atoms with Crippen molar-refractivity contribution in [3.8, 4) is 5.69 Å². The minimum absolute atomic E-state index is 0.106. The lowest BCUT2D eigenvalue weighted by Gasteiger charge is -2.14. The fraction of sp³-hybridized carbons (Fsp3) is 0.0500. The van der Waals surface area contributed by atoms with E-state index in [2.05, 4.69) is 5.10 Å². The summed E-state index contributed by atoms with van der Waals surface area (Å²) in [6.07, 6.45) is -4.53. The average molecular weight is 488 g/mol. The maximum absolute atomic E-state index is 14.2. The molecule has 0 saturated heterocycles. The number of nitrogens with one attached hydrogen (secondary N) is 1. The molecule has 0 unspecified atom stereocenters. The molecule has 0 aliphatic carbocycles. The number of hydrogen-bond acceptors (Lipinski definition) is 4. The van der Waals surface area contributed by atoms with Crippen molar-refractivity contribution >= 4 is 40.6 Å². The molecule has 0 aliphatic heterocycles. The van der Waals surface area contributed by atoms with E-state index in [9.17, 15) is 32.6 Å². The van der Waals surface area contributed by atoms with Crippen LogP contribution in [0.25, 0.3) is 11.4 Å². The second-order valence-corrected chi connectivity index (χ2v) is 7.14. The quantitative estimate of drug-likeness (QED) is 0.184. The fourth-order valence-electron chi connectivity index (χ4n) is 2.92. The van der Waals surface area contributed by atoms with Crippen molar-refractivity contribution in [3.63, 3.8) is 0 Å². The van der Waals surface area contributed by atoms with E-state index in [4.69, 9.17) is 28.6 Å². The van der Waals surface area contributed by atoms with Crippen molar-refractivity contribution in [2.45, 2.75) is 6.18 Å². The van der Waals surface area contributed by atoms with Crippen molar-refractivity contribution < 1.29 is 32.6 Å². The lowest BCUT2D eigenvalue weighted by molar-refractivity contribution is -0.143. The Hall–Kier alpha value is -3.37. The summed E-state index contributed by atoms with van der Waals surface area (Å²) in [4.78, 5) is 11.8. The number of halogens is 6. The monoisotopic (exact) mass is 487 g/mol. The molecule has 6 nitrogen and oxygen atoms in total. The third-order valence-electron chi connectivity index (χ3n) is 4.26. The first-order valence-corrected chi connectivity index (χ1v) is 9.30. The molecule has 0 bridgehead atoms. The maximum Gasteiger partial charge on any atom is 0.434 e. The summed E-state index contributed by atoms with van der Waals surface area (Å²) >= 11 is 11.7. The van der Waals surface area contributed by atoms with Gasteiger partial charge in [0, 0.05) is 5.02 Å². The number of nitrogens with zero attached hydrogens (tertiary/aromatic N) is 2. The van der Waals surface area contributed by atoms with Gasteiger partial charge in [-0.2, -0.15) is 18.3 Å². The standard InChI is InChI=1S/C20H11Cl2F4N3O3/c21-9-3-1-4-10(7-9)29-18(20(24,25)26)11(8-28-29)17(30)15(19(31)32)16(27)14-12(22)5-2-6-13(14)23/h1-8,27,30H,(H,31,32)/b17-15+,27-16?. The zero-order chi connectivity index (χ0) is 23.8. The second-order valence-electron chi connectivity index (χ2n) is 6.30. The third-order valence-corrected chi connectivity index (χ3v) is 4.81. The van der Waals surface area contributed by atoms with Crippen molar-refractivity contribution in [1.82, 2.24) is 9.78 Å². The Morgan fingerprint density at radius 1 is 1.09 bits per heavy atom. The van der Waals surface area contributed by atoms with E-state index < -0.39 is 51.8 Å². The second kappa shape index (κ2) is 8.64. The molecule has 12 heteroatoms. The highest BCUT2D eigenvalue weighted by Gasteiger charge is 2.41.